The lowest BCUT2D eigenvalue weighted by atomic mass is 9.68. The molecule has 4 heteroatoms. The Hall–Kier alpha value is -1.65. The van der Waals surface area contributed by atoms with Crippen LogP contribution >= 0.6 is 0 Å². The fraction of sp³-hybridized carbons (Fsp3) is 0.609. The van der Waals surface area contributed by atoms with Crippen LogP contribution in [0.5, 0.6) is 0 Å². The van der Waals surface area contributed by atoms with Crippen LogP contribution in [0.15, 0.2) is 34.9 Å². The first-order valence-corrected chi connectivity index (χ1v) is 10.6. The molecule has 1 aliphatic carbocycles. The summed E-state index contributed by atoms with van der Waals surface area (Å²) in [5.74, 6) is 2.67. The normalized spacial score (nSPS) is 29.2. The summed E-state index contributed by atoms with van der Waals surface area (Å²) < 4.78 is 5.40. The molecule has 144 valence electrons. The van der Waals surface area contributed by atoms with Crippen molar-refractivity contribution in [3.8, 4) is 0 Å². The molecule has 0 radical (unpaired) electrons. The van der Waals surface area contributed by atoms with Crippen LogP contribution in [0.4, 0.5) is 0 Å². The quantitative estimate of drug-likeness (QED) is 0.807. The molecule has 27 heavy (non-hydrogen) atoms. The Morgan fingerprint density at radius 1 is 1.11 bits per heavy atom. The van der Waals surface area contributed by atoms with E-state index in [0.717, 1.165) is 30.5 Å². The maximum atomic E-state index is 5.40. The molecule has 2 atom stereocenters. The number of piperidine rings is 1. The number of hydrogen-bond donors (Lipinski definition) is 0. The van der Waals surface area contributed by atoms with E-state index >= 15 is 0 Å². The second kappa shape index (κ2) is 6.75. The van der Waals surface area contributed by atoms with Crippen molar-refractivity contribution < 1.29 is 4.52 Å². The first-order chi connectivity index (χ1) is 13.1. The first kappa shape index (κ1) is 17.4. The number of aromatic nitrogens is 1. The van der Waals surface area contributed by atoms with Gasteiger partial charge in [0, 0.05) is 43.7 Å². The summed E-state index contributed by atoms with van der Waals surface area (Å²) in [5.41, 5.74) is 4.24. The van der Waals surface area contributed by atoms with Crippen molar-refractivity contribution in [3.05, 3.63) is 52.9 Å². The summed E-state index contributed by atoms with van der Waals surface area (Å²) in [4.78, 5) is 5.41. The van der Waals surface area contributed by atoms with Gasteiger partial charge in [-0.15, -0.1) is 0 Å². The van der Waals surface area contributed by atoms with Gasteiger partial charge in [0.1, 0.15) is 5.76 Å². The highest BCUT2D eigenvalue weighted by Crippen LogP contribution is 2.46. The van der Waals surface area contributed by atoms with Gasteiger partial charge in [0.25, 0.3) is 0 Å². The van der Waals surface area contributed by atoms with Gasteiger partial charge in [0.2, 0.25) is 0 Å². The van der Waals surface area contributed by atoms with Crippen molar-refractivity contribution >= 4 is 0 Å². The molecule has 1 aromatic carbocycles. The zero-order valence-electron chi connectivity index (χ0n) is 16.7. The molecular formula is C23H31N3O. The Bertz CT molecular complexity index is 778. The molecule has 2 saturated heterocycles. The average molecular weight is 366 g/mol. The smallest absolute Gasteiger partial charge is 0.138 e. The molecule has 2 aromatic rings. The summed E-state index contributed by atoms with van der Waals surface area (Å²) in [6.07, 6.45) is 4.14. The third-order valence-corrected chi connectivity index (χ3v) is 7.24. The molecule has 0 bridgehead atoms. The van der Waals surface area contributed by atoms with Crippen molar-refractivity contribution in [1.82, 2.24) is 15.0 Å². The lowest BCUT2D eigenvalue weighted by molar-refractivity contribution is 0.116. The fourth-order valence-electron chi connectivity index (χ4n) is 5.50. The highest BCUT2D eigenvalue weighted by molar-refractivity contribution is 5.31. The third-order valence-electron chi connectivity index (χ3n) is 7.24. The van der Waals surface area contributed by atoms with Crippen molar-refractivity contribution in [3.63, 3.8) is 0 Å². The second-order valence-electron chi connectivity index (χ2n) is 9.14. The van der Waals surface area contributed by atoms with Crippen LogP contribution in [0.1, 0.15) is 41.8 Å². The minimum atomic E-state index is 0.339. The maximum absolute atomic E-state index is 5.40. The first-order valence-electron chi connectivity index (χ1n) is 10.6. The van der Waals surface area contributed by atoms with Crippen LogP contribution in [-0.2, 0) is 12.0 Å². The summed E-state index contributed by atoms with van der Waals surface area (Å²) in [7, 11) is 0. The predicted octanol–water partition coefficient (Wildman–Crippen LogP) is 3.78. The molecule has 2 aliphatic heterocycles. The van der Waals surface area contributed by atoms with Crippen molar-refractivity contribution in [2.24, 2.45) is 11.8 Å². The Kier molecular flexibility index (Phi) is 4.36. The minimum absolute atomic E-state index is 0.339. The average Bonchev–Trinajstić information content (AvgIpc) is 3.34. The predicted molar refractivity (Wildman–Crippen MR) is 107 cm³/mol. The van der Waals surface area contributed by atoms with E-state index in [4.69, 9.17) is 4.52 Å². The Morgan fingerprint density at radius 3 is 2.59 bits per heavy atom. The number of fused-ring (bicyclic) bond motifs is 1. The largest absolute Gasteiger partial charge is 0.361 e. The van der Waals surface area contributed by atoms with Gasteiger partial charge >= 0.3 is 0 Å². The second-order valence-corrected chi connectivity index (χ2v) is 9.14. The monoisotopic (exact) mass is 365 g/mol. The molecule has 2 unspecified atom stereocenters. The van der Waals surface area contributed by atoms with Gasteiger partial charge in [-0.3, -0.25) is 4.90 Å². The van der Waals surface area contributed by atoms with Crippen molar-refractivity contribution in [2.45, 2.75) is 45.1 Å². The van der Waals surface area contributed by atoms with E-state index in [0.29, 0.717) is 11.3 Å². The molecule has 0 N–H and O–H groups in total. The van der Waals surface area contributed by atoms with Crippen molar-refractivity contribution in [1.29, 1.82) is 0 Å². The van der Waals surface area contributed by atoms with Crippen LogP contribution in [-0.4, -0.2) is 47.7 Å². The zero-order chi connectivity index (χ0) is 18.4. The molecule has 3 fully saturated rings. The number of benzene rings is 1. The standard InChI is InChI=1S/C23H31N3O/c1-17-22(18(2)27-24-17)15-25-11-10-23(20-6-4-3-5-7-20)16-26(12-19-8-9-19)14-21(23)13-25/h3-7,19,21H,8-16H2,1-2H3. The molecule has 3 aliphatic rings. The number of rotatable bonds is 5. The highest BCUT2D eigenvalue weighted by atomic mass is 16.5. The van der Waals surface area contributed by atoms with Gasteiger partial charge in [0.15, 0.2) is 0 Å². The lowest BCUT2D eigenvalue weighted by Gasteiger charge is -2.44. The van der Waals surface area contributed by atoms with E-state index in [1.165, 1.54) is 51.0 Å². The number of nitrogens with zero attached hydrogens (tertiary/aromatic N) is 3. The topological polar surface area (TPSA) is 32.5 Å². The minimum Gasteiger partial charge on any atom is -0.361 e. The number of hydrogen-bond acceptors (Lipinski definition) is 4. The fourth-order valence-corrected chi connectivity index (χ4v) is 5.50. The number of aryl methyl sites for hydroxylation is 2. The van der Waals surface area contributed by atoms with Crippen molar-refractivity contribution in [2.75, 3.05) is 32.7 Å². The van der Waals surface area contributed by atoms with Crippen LogP contribution in [0, 0.1) is 25.7 Å². The molecule has 3 heterocycles. The van der Waals surface area contributed by atoms with Gasteiger partial charge < -0.3 is 9.42 Å². The van der Waals surface area contributed by atoms with Crippen LogP contribution in [0.2, 0.25) is 0 Å². The molecule has 0 amide bonds. The van der Waals surface area contributed by atoms with E-state index in [1.54, 1.807) is 5.56 Å². The Labute approximate surface area is 162 Å². The van der Waals surface area contributed by atoms with Gasteiger partial charge in [-0.1, -0.05) is 35.5 Å². The molecule has 4 nitrogen and oxygen atoms in total. The van der Waals surface area contributed by atoms with Gasteiger partial charge in [-0.25, -0.2) is 0 Å². The lowest BCUT2D eigenvalue weighted by Crippen LogP contribution is -2.49. The summed E-state index contributed by atoms with van der Waals surface area (Å²) in [5, 5.41) is 4.15. The van der Waals surface area contributed by atoms with Crippen LogP contribution < -0.4 is 0 Å². The molecule has 1 saturated carbocycles. The Morgan fingerprint density at radius 2 is 1.89 bits per heavy atom. The van der Waals surface area contributed by atoms with E-state index in [1.807, 2.05) is 6.92 Å². The Balaban J connectivity index is 1.38. The van der Waals surface area contributed by atoms with E-state index in [-0.39, 0.29) is 0 Å². The van der Waals surface area contributed by atoms with Gasteiger partial charge in [-0.2, -0.15) is 0 Å². The van der Waals surface area contributed by atoms with E-state index in [9.17, 15) is 0 Å². The van der Waals surface area contributed by atoms with E-state index in [2.05, 4.69) is 52.2 Å². The number of likely N-dealkylation sites (tertiary alicyclic amines) is 2. The summed E-state index contributed by atoms with van der Waals surface area (Å²) in [6, 6.07) is 11.3. The molecule has 1 aromatic heterocycles. The molecular weight excluding hydrogens is 334 g/mol. The van der Waals surface area contributed by atoms with E-state index < -0.39 is 0 Å². The highest BCUT2D eigenvalue weighted by Gasteiger charge is 2.50. The summed E-state index contributed by atoms with van der Waals surface area (Å²) in [6.45, 7) is 11.2. The molecule has 0 spiro atoms. The summed E-state index contributed by atoms with van der Waals surface area (Å²) >= 11 is 0. The van der Waals surface area contributed by atoms with Crippen LogP contribution in [0.3, 0.4) is 0 Å². The third kappa shape index (κ3) is 3.23. The maximum Gasteiger partial charge on any atom is 0.138 e. The zero-order valence-corrected chi connectivity index (χ0v) is 16.7. The van der Waals surface area contributed by atoms with Gasteiger partial charge in [-0.05, 0) is 57.1 Å². The van der Waals surface area contributed by atoms with Crippen LogP contribution in [0.25, 0.3) is 0 Å². The van der Waals surface area contributed by atoms with Gasteiger partial charge in [0.05, 0.1) is 5.69 Å². The molecule has 5 rings (SSSR count). The SMILES string of the molecule is Cc1noc(C)c1CN1CCC2(c3ccccc3)CN(CC3CC3)CC2C1.